The molecule has 100 valence electrons. The van der Waals surface area contributed by atoms with Gasteiger partial charge in [0.2, 0.25) is 0 Å². The highest BCUT2D eigenvalue weighted by atomic mass is 79.9. The fourth-order valence-electron chi connectivity index (χ4n) is 1.65. The van der Waals surface area contributed by atoms with Crippen molar-refractivity contribution in [2.45, 2.75) is 6.92 Å². The highest BCUT2D eigenvalue weighted by molar-refractivity contribution is 9.10. The standard InChI is InChI=1S/C15H15BrFNO/c1-11-2-3-12(16)10-15(11)19-9-8-18-14-6-4-13(17)5-7-14/h2-7,10,18H,8-9H2,1H3. The SMILES string of the molecule is Cc1ccc(Br)cc1OCCNc1ccc(F)cc1. The number of nitrogens with one attached hydrogen (secondary N) is 1. The number of aryl methyl sites for hydroxylation is 1. The van der Waals surface area contributed by atoms with E-state index >= 15 is 0 Å². The molecule has 0 aliphatic heterocycles. The van der Waals surface area contributed by atoms with Crippen molar-refractivity contribution < 1.29 is 9.13 Å². The molecule has 19 heavy (non-hydrogen) atoms. The Morgan fingerprint density at radius 1 is 1.16 bits per heavy atom. The molecule has 0 bridgehead atoms. The van der Waals surface area contributed by atoms with Crippen LogP contribution in [0.5, 0.6) is 5.75 Å². The first-order chi connectivity index (χ1) is 9.15. The molecule has 0 saturated carbocycles. The lowest BCUT2D eigenvalue weighted by Crippen LogP contribution is -2.11. The van der Waals surface area contributed by atoms with E-state index in [1.54, 1.807) is 12.1 Å². The molecule has 0 heterocycles. The Morgan fingerprint density at radius 3 is 2.63 bits per heavy atom. The molecule has 0 aliphatic carbocycles. The van der Waals surface area contributed by atoms with Gasteiger partial charge < -0.3 is 10.1 Å². The largest absolute Gasteiger partial charge is 0.491 e. The number of ether oxygens (including phenoxy) is 1. The predicted molar refractivity (Wildman–Crippen MR) is 79.3 cm³/mol. The van der Waals surface area contributed by atoms with Crippen molar-refractivity contribution in [3.05, 3.63) is 58.3 Å². The summed E-state index contributed by atoms with van der Waals surface area (Å²) in [6, 6.07) is 12.2. The normalized spacial score (nSPS) is 10.3. The number of hydrogen-bond acceptors (Lipinski definition) is 2. The summed E-state index contributed by atoms with van der Waals surface area (Å²) in [5, 5.41) is 3.17. The summed E-state index contributed by atoms with van der Waals surface area (Å²) in [4.78, 5) is 0. The van der Waals surface area contributed by atoms with Crippen molar-refractivity contribution >= 4 is 21.6 Å². The van der Waals surface area contributed by atoms with Crippen LogP contribution in [0.25, 0.3) is 0 Å². The molecular formula is C15H15BrFNO. The van der Waals surface area contributed by atoms with Crippen LogP contribution in [0.2, 0.25) is 0 Å². The fourth-order valence-corrected chi connectivity index (χ4v) is 1.99. The number of rotatable bonds is 5. The van der Waals surface area contributed by atoms with E-state index in [4.69, 9.17) is 4.74 Å². The van der Waals surface area contributed by atoms with Crippen LogP contribution < -0.4 is 10.1 Å². The highest BCUT2D eigenvalue weighted by Gasteiger charge is 2.00. The van der Waals surface area contributed by atoms with Crippen molar-refractivity contribution in [2.75, 3.05) is 18.5 Å². The van der Waals surface area contributed by atoms with Crippen LogP contribution in [-0.2, 0) is 0 Å². The van der Waals surface area contributed by atoms with E-state index in [0.717, 1.165) is 21.5 Å². The lowest BCUT2D eigenvalue weighted by Gasteiger charge is -2.11. The third-order valence-electron chi connectivity index (χ3n) is 2.68. The van der Waals surface area contributed by atoms with E-state index < -0.39 is 0 Å². The number of anilines is 1. The molecule has 0 spiro atoms. The summed E-state index contributed by atoms with van der Waals surface area (Å²) in [6.45, 7) is 3.22. The summed E-state index contributed by atoms with van der Waals surface area (Å²) in [6.07, 6.45) is 0. The average Bonchev–Trinajstić information content (AvgIpc) is 2.40. The second kappa shape index (κ2) is 6.57. The van der Waals surface area contributed by atoms with Gasteiger partial charge >= 0.3 is 0 Å². The van der Waals surface area contributed by atoms with Crippen molar-refractivity contribution in [2.24, 2.45) is 0 Å². The third-order valence-corrected chi connectivity index (χ3v) is 3.18. The van der Waals surface area contributed by atoms with E-state index in [1.807, 2.05) is 25.1 Å². The molecule has 0 amide bonds. The Bertz CT molecular complexity index is 542. The van der Waals surface area contributed by atoms with Gasteiger partial charge in [0, 0.05) is 16.7 Å². The Labute approximate surface area is 120 Å². The van der Waals surface area contributed by atoms with Gasteiger partial charge in [0.15, 0.2) is 0 Å². The zero-order chi connectivity index (χ0) is 13.7. The van der Waals surface area contributed by atoms with Crippen LogP contribution in [0, 0.1) is 12.7 Å². The van der Waals surface area contributed by atoms with Gasteiger partial charge in [0.25, 0.3) is 0 Å². The van der Waals surface area contributed by atoms with Gasteiger partial charge in [0.1, 0.15) is 18.2 Å². The van der Waals surface area contributed by atoms with Gasteiger partial charge in [-0.1, -0.05) is 22.0 Å². The van der Waals surface area contributed by atoms with Crippen LogP contribution in [0.4, 0.5) is 10.1 Å². The molecule has 2 aromatic carbocycles. The van der Waals surface area contributed by atoms with Crippen molar-refractivity contribution in [1.29, 1.82) is 0 Å². The summed E-state index contributed by atoms with van der Waals surface area (Å²) in [7, 11) is 0. The summed E-state index contributed by atoms with van der Waals surface area (Å²) in [5.74, 6) is 0.641. The molecule has 0 atom stereocenters. The minimum atomic E-state index is -0.230. The molecule has 4 heteroatoms. The number of halogens is 2. The van der Waals surface area contributed by atoms with Crippen LogP contribution >= 0.6 is 15.9 Å². The van der Waals surface area contributed by atoms with Gasteiger partial charge in [-0.25, -0.2) is 4.39 Å². The van der Waals surface area contributed by atoms with Gasteiger partial charge in [-0.05, 0) is 48.9 Å². The van der Waals surface area contributed by atoms with Gasteiger partial charge in [0.05, 0.1) is 0 Å². The van der Waals surface area contributed by atoms with E-state index in [1.165, 1.54) is 12.1 Å². The second-order valence-corrected chi connectivity index (χ2v) is 5.11. The van der Waals surface area contributed by atoms with E-state index in [2.05, 4.69) is 21.2 Å². The van der Waals surface area contributed by atoms with Crippen LogP contribution in [0.1, 0.15) is 5.56 Å². The van der Waals surface area contributed by atoms with Gasteiger partial charge in [-0.2, -0.15) is 0 Å². The molecule has 2 aromatic rings. The maximum absolute atomic E-state index is 12.7. The molecule has 0 unspecified atom stereocenters. The van der Waals surface area contributed by atoms with E-state index in [9.17, 15) is 4.39 Å². The van der Waals surface area contributed by atoms with Crippen LogP contribution in [0.15, 0.2) is 46.9 Å². The quantitative estimate of drug-likeness (QED) is 0.824. The summed E-state index contributed by atoms with van der Waals surface area (Å²) in [5.41, 5.74) is 1.99. The summed E-state index contributed by atoms with van der Waals surface area (Å²) < 4.78 is 19.4. The highest BCUT2D eigenvalue weighted by Crippen LogP contribution is 2.22. The minimum absolute atomic E-state index is 0.230. The topological polar surface area (TPSA) is 21.3 Å². The maximum Gasteiger partial charge on any atom is 0.123 e. The number of benzene rings is 2. The van der Waals surface area contributed by atoms with Crippen molar-refractivity contribution in [3.8, 4) is 5.75 Å². The molecule has 0 fully saturated rings. The molecule has 0 aliphatic rings. The molecule has 0 aromatic heterocycles. The predicted octanol–water partition coefficient (Wildman–Crippen LogP) is 4.39. The zero-order valence-electron chi connectivity index (χ0n) is 10.6. The number of hydrogen-bond donors (Lipinski definition) is 1. The lowest BCUT2D eigenvalue weighted by atomic mass is 10.2. The van der Waals surface area contributed by atoms with Crippen molar-refractivity contribution in [3.63, 3.8) is 0 Å². The van der Waals surface area contributed by atoms with Gasteiger partial charge in [-0.15, -0.1) is 0 Å². The molecule has 0 saturated heterocycles. The maximum atomic E-state index is 12.7. The Morgan fingerprint density at radius 2 is 1.89 bits per heavy atom. The Kier molecular flexibility index (Phi) is 4.80. The Balaban J connectivity index is 1.80. The lowest BCUT2D eigenvalue weighted by molar-refractivity contribution is 0.330. The zero-order valence-corrected chi connectivity index (χ0v) is 12.2. The van der Waals surface area contributed by atoms with Gasteiger partial charge in [-0.3, -0.25) is 0 Å². The molecule has 2 rings (SSSR count). The fraction of sp³-hybridized carbons (Fsp3) is 0.200. The average molecular weight is 324 g/mol. The molecular weight excluding hydrogens is 309 g/mol. The smallest absolute Gasteiger partial charge is 0.123 e. The first-order valence-corrected chi connectivity index (χ1v) is 6.83. The second-order valence-electron chi connectivity index (χ2n) is 4.19. The van der Waals surface area contributed by atoms with E-state index in [0.29, 0.717) is 13.2 Å². The Hall–Kier alpha value is -1.55. The first-order valence-electron chi connectivity index (χ1n) is 6.03. The molecule has 1 N–H and O–H groups in total. The molecule has 2 nitrogen and oxygen atoms in total. The monoisotopic (exact) mass is 323 g/mol. The van der Waals surface area contributed by atoms with Crippen LogP contribution in [-0.4, -0.2) is 13.2 Å². The van der Waals surface area contributed by atoms with Crippen molar-refractivity contribution in [1.82, 2.24) is 0 Å². The first kappa shape index (κ1) is 13.9. The minimum Gasteiger partial charge on any atom is -0.491 e. The molecule has 0 radical (unpaired) electrons. The summed E-state index contributed by atoms with van der Waals surface area (Å²) >= 11 is 3.42. The third kappa shape index (κ3) is 4.24. The van der Waals surface area contributed by atoms with Crippen LogP contribution in [0.3, 0.4) is 0 Å². The van der Waals surface area contributed by atoms with E-state index in [-0.39, 0.29) is 5.82 Å².